The van der Waals surface area contributed by atoms with Crippen molar-refractivity contribution in [2.45, 2.75) is 36.0 Å². The minimum Gasteiger partial charge on any atom is -0.378 e. The molecule has 1 aromatic heterocycles. The van der Waals surface area contributed by atoms with Gasteiger partial charge in [-0.1, -0.05) is 18.2 Å². The van der Waals surface area contributed by atoms with Crippen LogP contribution in [0, 0.1) is 0 Å². The highest BCUT2D eigenvalue weighted by Gasteiger charge is 2.25. The summed E-state index contributed by atoms with van der Waals surface area (Å²) in [6.45, 7) is 2.90. The van der Waals surface area contributed by atoms with E-state index < -0.39 is 0 Å². The van der Waals surface area contributed by atoms with Crippen molar-refractivity contribution in [1.29, 1.82) is 0 Å². The van der Waals surface area contributed by atoms with Crippen LogP contribution in [0.3, 0.4) is 0 Å². The maximum Gasteiger partial charge on any atom is 0.254 e. The fraction of sp³-hybridized carbons (Fsp3) is 0.450. The van der Waals surface area contributed by atoms with E-state index in [-0.39, 0.29) is 24.4 Å². The Labute approximate surface area is 175 Å². The average molecular weight is 427 g/mol. The van der Waals surface area contributed by atoms with Gasteiger partial charge in [0.05, 0.1) is 11.7 Å². The molecule has 1 aliphatic heterocycles. The Morgan fingerprint density at radius 1 is 1.22 bits per heavy atom. The van der Waals surface area contributed by atoms with Crippen molar-refractivity contribution in [3.63, 3.8) is 0 Å². The maximum absolute atomic E-state index is 13.0. The molecule has 4 nitrogen and oxygen atoms in total. The van der Waals surface area contributed by atoms with Gasteiger partial charge in [0.15, 0.2) is 0 Å². The number of benzene rings is 1. The Balaban J connectivity index is 0.00000261. The summed E-state index contributed by atoms with van der Waals surface area (Å²) in [5.74, 6) is 1.04. The minimum atomic E-state index is 0. The molecule has 2 N–H and O–H groups in total. The molecule has 0 aliphatic carbocycles. The topological polar surface area (TPSA) is 55.6 Å². The number of rotatable bonds is 8. The number of nitrogens with two attached hydrogens (primary N) is 1. The van der Waals surface area contributed by atoms with Gasteiger partial charge >= 0.3 is 0 Å². The first kappa shape index (κ1) is 22.2. The summed E-state index contributed by atoms with van der Waals surface area (Å²) in [5.41, 5.74) is 6.32. The zero-order valence-corrected chi connectivity index (χ0v) is 17.8. The number of halogens is 1. The van der Waals surface area contributed by atoms with Gasteiger partial charge < -0.3 is 15.4 Å². The number of carbonyl (C=O) groups excluding carboxylic acids is 1. The number of hydrogen-bond donors (Lipinski definition) is 1. The number of piperidine rings is 1. The smallest absolute Gasteiger partial charge is 0.254 e. The van der Waals surface area contributed by atoms with E-state index in [2.05, 4.69) is 17.5 Å². The van der Waals surface area contributed by atoms with Crippen LogP contribution in [0.5, 0.6) is 0 Å². The van der Waals surface area contributed by atoms with E-state index in [0.29, 0.717) is 6.54 Å². The standard InChI is InChI=1S/C20H26N2O2S2.ClH/c21-10-4-13-24-16-8-11-22(12-9-16)20(23)18-6-1-2-7-19(18)26-15-17-5-3-14-25-17;/h1-3,5-7,14,16H,4,8-13,15,21H2;1H. The first-order valence-electron chi connectivity index (χ1n) is 9.13. The molecule has 1 amide bonds. The molecule has 1 fully saturated rings. The van der Waals surface area contributed by atoms with Crippen LogP contribution in [0.2, 0.25) is 0 Å². The monoisotopic (exact) mass is 426 g/mol. The van der Waals surface area contributed by atoms with Gasteiger partial charge in [-0.2, -0.15) is 0 Å². The number of amides is 1. The number of carbonyl (C=O) groups is 1. The van der Waals surface area contributed by atoms with E-state index >= 15 is 0 Å². The molecule has 1 aliphatic rings. The van der Waals surface area contributed by atoms with E-state index in [0.717, 1.165) is 55.2 Å². The Morgan fingerprint density at radius 2 is 2.00 bits per heavy atom. The number of likely N-dealkylation sites (tertiary alicyclic amines) is 1. The summed E-state index contributed by atoms with van der Waals surface area (Å²) >= 11 is 3.49. The Hall–Kier alpha value is -1.05. The van der Waals surface area contributed by atoms with Crippen molar-refractivity contribution >= 4 is 41.4 Å². The SMILES string of the molecule is Cl.NCCCOC1CCN(C(=O)c2ccccc2SCc2cccs2)CC1. The first-order chi connectivity index (χ1) is 12.8. The van der Waals surface area contributed by atoms with Crippen LogP contribution in [0.4, 0.5) is 0 Å². The van der Waals surface area contributed by atoms with Crippen molar-refractivity contribution in [2.75, 3.05) is 26.2 Å². The molecule has 0 atom stereocenters. The number of thioether (sulfide) groups is 1. The van der Waals surface area contributed by atoms with E-state index in [1.54, 1.807) is 23.1 Å². The molecule has 0 saturated carbocycles. The second-order valence-electron chi connectivity index (χ2n) is 6.37. The summed E-state index contributed by atoms with van der Waals surface area (Å²) in [6, 6.07) is 12.2. The van der Waals surface area contributed by atoms with Crippen LogP contribution >= 0.6 is 35.5 Å². The fourth-order valence-corrected chi connectivity index (χ4v) is 4.86. The predicted octanol–water partition coefficient (Wildman–Crippen LogP) is 4.43. The first-order valence-corrected chi connectivity index (χ1v) is 11.0. The molecule has 1 saturated heterocycles. The number of nitrogens with zero attached hydrogens (tertiary/aromatic N) is 1. The molecule has 0 spiro atoms. The molecule has 2 aromatic rings. The molecule has 7 heteroatoms. The molecule has 0 unspecified atom stereocenters. The third kappa shape index (κ3) is 6.50. The molecule has 148 valence electrons. The summed E-state index contributed by atoms with van der Waals surface area (Å²) in [5, 5.41) is 2.09. The van der Waals surface area contributed by atoms with Crippen molar-refractivity contribution < 1.29 is 9.53 Å². The van der Waals surface area contributed by atoms with E-state index in [4.69, 9.17) is 10.5 Å². The summed E-state index contributed by atoms with van der Waals surface area (Å²) in [6.07, 6.45) is 2.96. The molecule has 2 heterocycles. The lowest BCUT2D eigenvalue weighted by Gasteiger charge is -2.32. The molecule has 3 rings (SSSR count). The van der Waals surface area contributed by atoms with Crippen LogP contribution < -0.4 is 5.73 Å². The second-order valence-corrected chi connectivity index (χ2v) is 8.42. The highest BCUT2D eigenvalue weighted by Crippen LogP contribution is 2.29. The normalized spacial score (nSPS) is 14.8. The third-order valence-corrected chi connectivity index (χ3v) is 6.68. The lowest BCUT2D eigenvalue weighted by Crippen LogP contribution is -2.41. The molecule has 0 radical (unpaired) electrons. The summed E-state index contributed by atoms with van der Waals surface area (Å²) in [4.78, 5) is 17.4. The molecular formula is C20H27ClN2O2S2. The van der Waals surface area contributed by atoms with Crippen molar-refractivity contribution in [2.24, 2.45) is 5.73 Å². The lowest BCUT2D eigenvalue weighted by molar-refractivity contribution is 0.00835. The van der Waals surface area contributed by atoms with Gasteiger partial charge in [-0.3, -0.25) is 4.79 Å². The molecule has 1 aromatic carbocycles. The van der Waals surface area contributed by atoms with Crippen LogP contribution in [0.15, 0.2) is 46.7 Å². The Kier molecular flexibility index (Phi) is 9.65. The van der Waals surface area contributed by atoms with Crippen LogP contribution in [-0.2, 0) is 10.5 Å². The van der Waals surface area contributed by atoms with Crippen molar-refractivity contribution in [1.82, 2.24) is 4.90 Å². The quantitative estimate of drug-likeness (QED) is 0.501. The van der Waals surface area contributed by atoms with Crippen LogP contribution in [0.25, 0.3) is 0 Å². The van der Waals surface area contributed by atoms with Gasteiger partial charge in [-0.05, 0) is 49.4 Å². The number of hydrogen-bond acceptors (Lipinski definition) is 5. The lowest BCUT2D eigenvalue weighted by atomic mass is 10.1. The van der Waals surface area contributed by atoms with E-state index in [1.807, 2.05) is 29.2 Å². The highest BCUT2D eigenvalue weighted by molar-refractivity contribution is 7.98. The van der Waals surface area contributed by atoms with Gasteiger partial charge in [0, 0.05) is 35.2 Å². The average Bonchev–Trinajstić information content (AvgIpc) is 3.20. The summed E-state index contributed by atoms with van der Waals surface area (Å²) in [7, 11) is 0. The van der Waals surface area contributed by atoms with Crippen LogP contribution in [-0.4, -0.2) is 43.2 Å². The molecule has 0 bridgehead atoms. The largest absolute Gasteiger partial charge is 0.378 e. The second kappa shape index (κ2) is 11.7. The third-order valence-electron chi connectivity index (χ3n) is 4.50. The van der Waals surface area contributed by atoms with E-state index in [9.17, 15) is 4.79 Å². The Bertz CT molecular complexity index is 689. The van der Waals surface area contributed by atoms with Crippen molar-refractivity contribution in [3.8, 4) is 0 Å². The van der Waals surface area contributed by atoms with Gasteiger partial charge in [0.2, 0.25) is 0 Å². The van der Waals surface area contributed by atoms with Crippen molar-refractivity contribution in [3.05, 3.63) is 52.2 Å². The molecular weight excluding hydrogens is 400 g/mol. The number of thiophene rings is 1. The van der Waals surface area contributed by atoms with Gasteiger partial charge in [-0.15, -0.1) is 35.5 Å². The maximum atomic E-state index is 13.0. The van der Waals surface area contributed by atoms with Gasteiger partial charge in [0.1, 0.15) is 0 Å². The van der Waals surface area contributed by atoms with E-state index in [1.165, 1.54) is 4.88 Å². The zero-order valence-electron chi connectivity index (χ0n) is 15.3. The van der Waals surface area contributed by atoms with Gasteiger partial charge in [0.25, 0.3) is 5.91 Å². The highest BCUT2D eigenvalue weighted by atomic mass is 35.5. The fourth-order valence-electron chi connectivity index (χ4n) is 3.04. The van der Waals surface area contributed by atoms with Crippen LogP contribution in [0.1, 0.15) is 34.5 Å². The Morgan fingerprint density at radius 3 is 2.70 bits per heavy atom. The predicted molar refractivity (Wildman–Crippen MR) is 116 cm³/mol. The zero-order chi connectivity index (χ0) is 18.2. The van der Waals surface area contributed by atoms with Gasteiger partial charge in [-0.25, -0.2) is 0 Å². The molecule has 27 heavy (non-hydrogen) atoms. The summed E-state index contributed by atoms with van der Waals surface area (Å²) < 4.78 is 5.84. The number of ether oxygens (including phenoxy) is 1. The minimum absolute atomic E-state index is 0.